The van der Waals surface area contributed by atoms with Gasteiger partial charge in [0.2, 0.25) is 0 Å². The minimum Gasteiger partial charge on any atom is -0.308 e. The van der Waals surface area contributed by atoms with Crippen LogP contribution < -0.4 is 0 Å². The number of nitrogens with zero attached hydrogens (tertiary/aromatic N) is 4. The first kappa shape index (κ1) is 17.1. The number of hydrogen-bond acceptors (Lipinski definition) is 4. The lowest BCUT2D eigenvalue weighted by molar-refractivity contribution is -0.384. The molecule has 1 aromatic carbocycles. The van der Waals surface area contributed by atoms with E-state index in [4.69, 9.17) is 0 Å². The molecule has 0 amide bonds. The van der Waals surface area contributed by atoms with E-state index in [2.05, 4.69) is 49.0 Å². The average molecular weight is 432 g/mol. The van der Waals surface area contributed by atoms with Crippen LogP contribution in [0.1, 0.15) is 37.7 Å². The van der Waals surface area contributed by atoms with Gasteiger partial charge in [-0.1, -0.05) is 41.8 Å². The largest absolute Gasteiger partial charge is 0.308 e. The number of nitro groups is 1. The van der Waals surface area contributed by atoms with Gasteiger partial charge in [0.05, 0.1) is 4.92 Å². The molecule has 2 aromatic rings. The summed E-state index contributed by atoms with van der Waals surface area (Å²) in [6, 6.07) is 4.95. The molecule has 6 nitrogen and oxygen atoms in total. The Kier molecular flexibility index (Phi) is 6.07. The first-order valence-corrected chi connectivity index (χ1v) is 8.58. The molecule has 2 rings (SSSR count). The minimum absolute atomic E-state index is 0.0929. The first-order chi connectivity index (χ1) is 10.5. The fraction of sp³-hybridized carbons (Fsp3) is 0.429. The molecule has 0 spiro atoms. The summed E-state index contributed by atoms with van der Waals surface area (Å²) in [7, 11) is 0. The van der Waals surface area contributed by atoms with E-state index in [9.17, 15) is 10.1 Å². The molecule has 0 bridgehead atoms. The fourth-order valence-electron chi connectivity index (χ4n) is 2.36. The smallest absolute Gasteiger partial charge is 0.270 e. The van der Waals surface area contributed by atoms with Crippen LogP contribution in [0.5, 0.6) is 0 Å². The van der Waals surface area contributed by atoms with Crippen molar-refractivity contribution >= 4 is 37.5 Å². The summed E-state index contributed by atoms with van der Waals surface area (Å²) in [5.74, 6) is 0.238. The third-order valence-corrected chi connectivity index (χ3v) is 4.83. The maximum Gasteiger partial charge on any atom is 0.270 e. The van der Waals surface area contributed by atoms with Crippen LogP contribution in [0.25, 0.3) is 0 Å². The average Bonchev–Trinajstić information content (AvgIpc) is 2.88. The van der Waals surface area contributed by atoms with Gasteiger partial charge < -0.3 is 4.57 Å². The highest BCUT2D eigenvalue weighted by Gasteiger charge is 2.18. The second-order valence-electron chi connectivity index (χ2n) is 5.05. The number of rotatable bonds is 7. The van der Waals surface area contributed by atoms with Crippen LogP contribution in [-0.4, -0.2) is 19.7 Å². The summed E-state index contributed by atoms with van der Waals surface area (Å²) in [5, 5.41) is 18.7. The van der Waals surface area contributed by atoms with Gasteiger partial charge in [0.15, 0.2) is 4.73 Å². The Bertz CT molecular complexity index is 660. The van der Waals surface area contributed by atoms with Crippen LogP contribution in [0.2, 0.25) is 0 Å². The number of unbranched alkanes of at least 4 members (excludes halogenated alkanes) is 1. The topological polar surface area (TPSA) is 73.8 Å². The number of benzene rings is 1. The Hall–Kier alpha value is -1.28. The van der Waals surface area contributed by atoms with E-state index < -0.39 is 0 Å². The van der Waals surface area contributed by atoms with Gasteiger partial charge >= 0.3 is 0 Å². The zero-order valence-electron chi connectivity index (χ0n) is 12.1. The van der Waals surface area contributed by atoms with Crippen LogP contribution >= 0.6 is 31.9 Å². The van der Waals surface area contributed by atoms with Gasteiger partial charge in [-0.2, -0.15) is 0 Å². The highest BCUT2D eigenvalue weighted by molar-refractivity contribution is 9.10. The predicted molar refractivity (Wildman–Crippen MR) is 90.8 cm³/mol. The number of halogens is 2. The Balaban J connectivity index is 2.28. The third-order valence-electron chi connectivity index (χ3n) is 3.53. The van der Waals surface area contributed by atoms with Gasteiger partial charge in [-0.3, -0.25) is 10.1 Å². The van der Waals surface area contributed by atoms with Gasteiger partial charge in [-0.05, 0) is 27.9 Å². The van der Waals surface area contributed by atoms with E-state index in [1.165, 1.54) is 0 Å². The van der Waals surface area contributed by atoms with E-state index in [-0.39, 0.29) is 16.5 Å². The predicted octanol–water partition coefficient (Wildman–Crippen LogP) is 4.69. The molecule has 1 aromatic heterocycles. The Morgan fingerprint density at radius 3 is 2.73 bits per heavy atom. The van der Waals surface area contributed by atoms with Crippen LogP contribution in [0, 0.1) is 10.1 Å². The molecule has 8 heteroatoms. The highest BCUT2D eigenvalue weighted by atomic mass is 79.9. The van der Waals surface area contributed by atoms with E-state index in [1.54, 1.807) is 18.5 Å². The summed E-state index contributed by atoms with van der Waals surface area (Å²) in [5.41, 5.74) is 1.16. The molecule has 0 saturated heterocycles. The molecular formula is C14H16Br2N4O2. The fourth-order valence-corrected chi connectivity index (χ4v) is 3.38. The van der Waals surface area contributed by atoms with Crippen molar-refractivity contribution < 1.29 is 4.92 Å². The van der Waals surface area contributed by atoms with Gasteiger partial charge in [0.1, 0.15) is 6.33 Å². The van der Waals surface area contributed by atoms with Crippen molar-refractivity contribution in [3.05, 3.63) is 49.4 Å². The zero-order chi connectivity index (χ0) is 16.1. The normalized spacial score (nSPS) is 12.3. The molecule has 0 N–H and O–H groups in total. The van der Waals surface area contributed by atoms with E-state index in [0.29, 0.717) is 4.73 Å². The summed E-state index contributed by atoms with van der Waals surface area (Å²) >= 11 is 6.85. The van der Waals surface area contributed by atoms with Crippen molar-refractivity contribution in [1.82, 2.24) is 14.8 Å². The van der Waals surface area contributed by atoms with Crippen LogP contribution in [0.4, 0.5) is 5.69 Å². The van der Waals surface area contributed by atoms with Crippen LogP contribution in [0.15, 0.2) is 33.7 Å². The standard InChI is InChI=1S/C14H16Br2N4O2/c1-2-3-4-10(8-19-9-17-18-14(19)16)12-6-5-11(20(21)22)7-13(12)15/h5-7,9-10H,2-4,8H2,1H3. The van der Waals surface area contributed by atoms with Crippen molar-refractivity contribution in [3.63, 3.8) is 0 Å². The number of non-ortho nitro benzene ring substituents is 1. The van der Waals surface area contributed by atoms with Crippen LogP contribution in [-0.2, 0) is 6.54 Å². The zero-order valence-corrected chi connectivity index (χ0v) is 15.2. The van der Waals surface area contributed by atoms with Gasteiger partial charge in [-0.25, -0.2) is 0 Å². The quantitative estimate of drug-likeness (QED) is 0.471. The molecule has 0 saturated carbocycles. The number of aromatic nitrogens is 3. The molecule has 0 radical (unpaired) electrons. The maximum absolute atomic E-state index is 10.9. The molecule has 1 unspecified atom stereocenters. The third kappa shape index (κ3) is 4.13. The lowest BCUT2D eigenvalue weighted by Crippen LogP contribution is -2.10. The molecule has 1 atom stereocenters. The van der Waals surface area contributed by atoms with Gasteiger partial charge in [0, 0.05) is 29.1 Å². The summed E-state index contributed by atoms with van der Waals surface area (Å²) in [6.07, 6.45) is 4.87. The lowest BCUT2D eigenvalue weighted by Gasteiger charge is -2.19. The van der Waals surface area contributed by atoms with Crippen molar-refractivity contribution in [2.45, 2.75) is 38.6 Å². The molecule has 1 heterocycles. The second kappa shape index (κ2) is 7.82. The van der Waals surface area contributed by atoms with Crippen LogP contribution in [0.3, 0.4) is 0 Å². The van der Waals surface area contributed by atoms with Crippen molar-refractivity contribution in [2.24, 2.45) is 0 Å². The summed E-state index contributed by atoms with van der Waals surface area (Å²) < 4.78 is 3.40. The Morgan fingerprint density at radius 2 is 2.18 bits per heavy atom. The molecule has 0 aliphatic carbocycles. The SMILES string of the molecule is CCCCC(Cn1cnnc1Br)c1ccc([N+](=O)[O-])cc1Br. The maximum atomic E-state index is 10.9. The Labute approximate surface area is 145 Å². The molecule has 22 heavy (non-hydrogen) atoms. The van der Waals surface area contributed by atoms with Gasteiger partial charge in [0.25, 0.3) is 5.69 Å². The van der Waals surface area contributed by atoms with Gasteiger partial charge in [-0.15, -0.1) is 10.2 Å². The Morgan fingerprint density at radius 1 is 1.41 bits per heavy atom. The monoisotopic (exact) mass is 430 g/mol. The molecular weight excluding hydrogens is 416 g/mol. The number of nitro benzene ring substituents is 1. The van der Waals surface area contributed by atoms with E-state index >= 15 is 0 Å². The molecule has 0 aliphatic heterocycles. The highest BCUT2D eigenvalue weighted by Crippen LogP contribution is 2.33. The van der Waals surface area contributed by atoms with Crippen molar-refractivity contribution in [1.29, 1.82) is 0 Å². The summed E-state index contributed by atoms with van der Waals surface area (Å²) in [6.45, 7) is 2.88. The second-order valence-corrected chi connectivity index (χ2v) is 6.62. The van der Waals surface area contributed by atoms with Crippen molar-refractivity contribution in [3.8, 4) is 0 Å². The molecule has 0 fully saturated rings. The lowest BCUT2D eigenvalue weighted by atomic mass is 9.93. The minimum atomic E-state index is -0.383. The van der Waals surface area contributed by atoms with E-state index in [0.717, 1.165) is 35.8 Å². The molecule has 0 aliphatic rings. The first-order valence-electron chi connectivity index (χ1n) is 7.00. The van der Waals surface area contributed by atoms with E-state index in [1.807, 2.05) is 10.6 Å². The number of hydrogen-bond donors (Lipinski definition) is 0. The molecule has 118 valence electrons. The summed E-state index contributed by atoms with van der Waals surface area (Å²) in [4.78, 5) is 10.5. The van der Waals surface area contributed by atoms with Crippen molar-refractivity contribution in [2.75, 3.05) is 0 Å².